The lowest BCUT2D eigenvalue weighted by molar-refractivity contribution is -0.389. The maximum atomic E-state index is 10.4. The molecule has 1 rings (SSSR count). The van der Waals surface area contributed by atoms with Gasteiger partial charge in [-0.2, -0.15) is 0 Å². The highest BCUT2D eigenvalue weighted by Crippen LogP contribution is 2.13. The smallest absolute Gasteiger partial charge is 0.363 e. The quantitative estimate of drug-likeness (QED) is 0.559. The minimum atomic E-state index is -0.523. The first-order chi connectivity index (χ1) is 8.17. The van der Waals surface area contributed by atoms with Crippen LogP contribution in [0.15, 0.2) is 18.3 Å². The van der Waals surface area contributed by atoms with Crippen molar-refractivity contribution in [1.29, 1.82) is 0 Å². The van der Waals surface area contributed by atoms with Gasteiger partial charge in [-0.15, -0.1) is 0 Å². The van der Waals surface area contributed by atoms with Gasteiger partial charge in [0.25, 0.3) is 0 Å². The van der Waals surface area contributed by atoms with Gasteiger partial charge in [-0.05, 0) is 28.3 Å². The summed E-state index contributed by atoms with van der Waals surface area (Å²) in [7, 11) is 0. The summed E-state index contributed by atoms with van der Waals surface area (Å²) in [6, 6.07) is 3.01. The molecule has 0 aliphatic carbocycles. The van der Waals surface area contributed by atoms with E-state index < -0.39 is 4.92 Å². The fraction of sp³-hybridized carbons (Fsp3) is 0.545. The summed E-state index contributed by atoms with van der Waals surface area (Å²) in [6.07, 6.45) is 3.18. The van der Waals surface area contributed by atoms with Gasteiger partial charge in [-0.25, -0.2) is 0 Å². The van der Waals surface area contributed by atoms with Gasteiger partial charge >= 0.3 is 5.82 Å². The second-order valence-electron chi connectivity index (χ2n) is 3.83. The number of pyridine rings is 1. The minimum Gasteiger partial charge on any atom is -0.396 e. The third-order valence-electron chi connectivity index (χ3n) is 2.64. The van der Waals surface area contributed by atoms with Crippen molar-refractivity contribution in [3.8, 4) is 0 Å². The molecule has 0 amide bonds. The number of aromatic nitrogens is 1. The molecule has 1 heterocycles. The number of nitrogens with one attached hydrogen (secondary N) is 1. The Morgan fingerprint density at radius 3 is 2.82 bits per heavy atom. The Bertz CT molecular complexity index is 353. The number of hydrogen-bond donors (Lipinski definition) is 2. The SMILES string of the molecule is CCC(CCO)CNc1ccc([N+](=O)[O-])nc1. The van der Waals surface area contributed by atoms with Crippen molar-refractivity contribution in [3.05, 3.63) is 28.4 Å². The molecule has 1 aromatic heterocycles. The molecule has 1 atom stereocenters. The van der Waals surface area contributed by atoms with Crippen LogP contribution in [-0.2, 0) is 0 Å². The summed E-state index contributed by atoms with van der Waals surface area (Å²) < 4.78 is 0. The summed E-state index contributed by atoms with van der Waals surface area (Å²) in [6.45, 7) is 2.98. The second-order valence-corrected chi connectivity index (χ2v) is 3.83. The molecule has 0 bridgehead atoms. The van der Waals surface area contributed by atoms with Crippen LogP contribution in [0.3, 0.4) is 0 Å². The van der Waals surface area contributed by atoms with Crippen LogP contribution in [0, 0.1) is 16.0 Å². The molecule has 2 N–H and O–H groups in total. The minimum absolute atomic E-state index is 0.155. The number of nitrogens with zero attached hydrogens (tertiary/aromatic N) is 2. The van der Waals surface area contributed by atoms with E-state index in [1.165, 1.54) is 12.3 Å². The fourth-order valence-corrected chi connectivity index (χ4v) is 1.49. The van der Waals surface area contributed by atoms with E-state index in [1.54, 1.807) is 6.07 Å². The molecule has 0 radical (unpaired) electrons. The van der Waals surface area contributed by atoms with Gasteiger partial charge in [0.2, 0.25) is 0 Å². The van der Waals surface area contributed by atoms with Crippen LogP contribution in [0.2, 0.25) is 0 Å². The van der Waals surface area contributed by atoms with Crippen molar-refractivity contribution in [2.45, 2.75) is 19.8 Å². The van der Waals surface area contributed by atoms with Gasteiger partial charge in [-0.1, -0.05) is 13.3 Å². The largest absolute Gasteiger partial charge is 0.396 e. The molecule has 0 aliphatic heterocycles. The molecule has 0 aromatic carbocycles. The van der Waals surface area contributed by atoms with E-state index in [0.717, 1.165) is 25.1 Å². The predicted molar refractivity (Wildman–Crippen MR) is 64.9 cm³/mol. The Labute approximate surface area is 99.8 Å². The van der Waals surface area contributed by atoms with Crippen molar-refractivity contribution in [1.82, 2.24) is 4.98 Å². The highest BCUT2D eigenvalue weighted by atomic mass is 16.6. The third kappa shape index (κ3) is 4.36. The molecule has 1 aromatic rings. The molecule has 0 fully saturated rings. The zero-order chi connectivity index (χ0) is 12.7. The van der Waals surface area contributed by atoms with E-state index in [-0.39, 0.29) is 12.4 Å². The summed E-state index contributed by atoms with van der Waals surface area (Å²) in [5.41, 5.74) is 0.756. The topological polar surface area (TPSA) is 88.3 Å². The van der Waals surface area contributed by atoms with Crippen LogP contribution in [0.1, 0.15) is 19.8 Å². The second kappa shape index (κ2) is 6.80. The average Bonchev–Trinajstić information content (AvgIpc) is 2.35. The summed E-state index contributed by atoms with van der Waals surface area (Å²) in [5, 5.41) is 22.4. The highest BCUT2D eigenvalue weighted by Gasteiger charge is 2.08. The van der Waals surface area contributed by atoms with Crippen LogP contribution in [0.25, 0.3) is 0 Å². The van der Waals surface area contributed by atoms with Crippen molar-refractivity contribution < 1.29 is 10.0 Å². The van der Waals surface area contributed by atoms with Crippen LogP contribution < -0.4 is 5.32 Å². The molecule has 17 heavy (non-hydrogen) atoms. The Balaban J connectivity index is 2.48. The standard InChI is InChI=1S/C11H17N3O3/c1-2-9(5-6-15)7-12-10-3-4-11(13-8-10)14(16)17/h3-4,8-9,12,15H,2,5-7H2,1H3. The average molecular weight is 239 g/mol. The van der Waals surface area contributed by atoms with Crippen molar-refractivity contribution >= 4 is 11.5 Å². The first-order valence-electron chi connectivity index (χ1n) is 5.62. The number of hydrogen-bond acceptors (Lipinski definition) is 5. The van der Waals surface area contributed by atoms with E-state index >= 15 is 0 Å². The molecule has 1 unspecified atom stereocenters. The molecular weight excluding hydrogens is 222 g/mol. The van der Waals surface area contributed by atoms with Gasteiger partial charge in [-0.3, -0.25) is 0 Å². The predicted octanol–water partition coefficient (Wildman–Crippen LogP) is 1.81. The first kappa shape index (κ1) is 13.4. The van der Waals surface area contributed by atoms with Crippen molar-refractivity contribution in [3.63, 3.8) is 0 Å². The zero-order valence-electron chi connectivity index (χ0n) is 9.80. The lowest BCUT2D eigenvalue weighted by Gasteiger charge is -2.14. The number of aliphatic hydroxyl groups is 1. The summed E-state index contributed by atoms with van der Waals surface area (Å²) in [5.74, 6) is 0.244. The Morgan fingerprint density at radius 1 is 1.59 bits per heavy atom. The number of nitro groups is 1. The lowest BCUT2D eigenvalue weighted by Crippen LogP contribution is -2.15. The maximum absolute atomic E-state index is 10.4. The van der Waals surface area contributed by atoms with Crippen molar-refractivity contribution in [2.24, 2.45) is 5.92 Å². The van der Waals surface area contributed by atoms with Gasteiger partial charge < -0.3 is 20.5 Å². The molecule has 0 saturated heterocycles. The number of anilines is 1. The van der Waals surface area contributed by atoms with Crippen LogP contribution in [-0.4, -0.2) is 28.2 Å². The summed E-state index contributed by atoms with van der Waals surface area (Å²) in [4.78, 5) is 13.6. The Morgan fingerprint density at radius 2 is 2.35 bits per heavy atom. The monoisotopic (exact) mass is 239 g/mol. The molecule has 0 spiro atoms. The molecule has 94 valence electrons. The van der Waals surface area contributed by atoms with E-state index in [2.05, 4.69) is 17.2 Å². The maximum Gasteiger partial charge on any atom is 0.363 e. The molecule has 6 heteroatoms. The molecule has 0 aliphatic rings. The third-order valence-corrected chi connectivity index (χ3v) is 2.64. The summed E-state index contributed by atoms with van der Waals surface area (Å²) >= 11 is 0. The van der Waals surface area contributed by atoms with Gasteiger partial charge in [0, 0.05) is 19.2 Å². The molecular formula is C11H17N3O3. The molecule has 6 nitrogen and oxygen atoms in total. The highest BCUT2D eigenvalue weighted by molar-refractivity contribution is 5.43. The zero-order valence-corrected chi connectivity index (χ0v) is 9.80. The Kier molecular flexibility index (Phi) is 5.35. The van der Waals surface area contributed by atoms with E-state index in [4.69, 9.17) is 5.11 Å². The van der Waals surface area contributed by atoms with Crippen LogP contribution in [0.4, 0.5) is 11.5 Å². The van der Waals surface area contributed by atoms with E-state index in [9.17, 15) is 10.1 Å². The van der Waals surface area contributed by atoms with Gasteiger partial charge in [0.1, 0.15) is 0 Å². The van der Waals surface area contributed by atoms with Crippen LogP contribution >= 0.6 is 0 Å². The van der Waals surface area contributed by atoms with Crippen LogP contribution in [0.5, 0.6) is 0 Å². The fourth-order valence-electron chi connectivity index (χ4n) is 1.49. The van der Waals surface area contributed by atoms with Gasteiger partial charge in [0.05, 0.1) is 5.69 Å². The van der Waals surface area contributed by atoms with E-state index in [0.29, 0.717) is 5.92 Å². The normalized spacial score (nSPS) is 12.1. The van der Waals surface area contributed by atoms with Gasteiger partial charge in [0.15, 0.2) is 6.20 Å². The number of rotatable bonds is 7. The Hall–Kier alpha value is -1.69. The van der Waals surface area contributed by atoms with Crippen molar-refractivity contribution in [2.75, 3.05) is 18.5 Å². The van der Waals surface area contributed by atoms with E-state index in [1.807, 2.05) is 0 Å². The molecule has 0 saturated carbocycles. The first-order valence-corrected chi connectivity index (χ1v) is 5.62. The number of aliphatic hydroxyl groups excluding tert-OH is 1. The lowest BCUT2D eigenvalue weighted by atomic mass is 10.0.